The van der Waals surface area contributed by atoms with Crippen LogP contribution >= 0.6 is 27.3 Å². The molecule has 1 aliphatic rings. The lowest BCUT2D eigenvalue weighted by Crippen LogP contribution is -2.45. The quantitative estimate of drug-likeness (QED) is 0.794. The Kier molecular flexibility index (Phi) is 1.75. The molecule has 0 aromatic carbocycles. The van der Waals surface area contributed by atoms with Crippen LogP contribution in [0.2, 0.25) is 0 Å². The molecule has 0 saturated carbocycles. The van der Waals surface area contributed by atoms with Crippen LogP contribution in [0.25, 0.3) is 0 Å². The molecule has 1 aromatic heterocycles. The van der Waals surface area contributed by atoms with Gasteiger partial charge in [0.2, 0.25) is 0 Å². The van der Waals surface area contributed by atoms with Crippen molar-refractivity contribution in [1.82, 2.24) is 4.98 Å². The van der Waals surface area contributed by atoms with Gasteiger partial charge in [0.25, 0.3) is 0 Å². The predicted molar refractivity (Wildman–Crippen MR) is 44.5 cm³/mol. The van der Waals surface area contributed by atoms with E-state index in [0.717, 1.165) is 8.79 Å². The number of thiazole rings is 1. The van der Waals surface area contributed by atoms with E-state index in [9.17, 15) is 5.11 Å². The normalized spacial score (nSPS) is 21.3. The molecule has 0 unspecified atom stereocenters. The van der Waals surface area contributed by atoms with Gasteiger partial charge in [-0.3, -0.25) is 0 Å². The molecular formula is C6H6BrNO2S. The highest BCUT2D eigenvalue weighted by Crippen LogP contribution is 2.34. The third-order valence-corrected chi connectivity index (χ3v) is 3.29. The summed E-state index contributed by atoms with van der Waals surface area (Å²) in [5.74, 6) is 0. The maximum atomic E-state index is 9.72. The Labute approximate surface area is 76.2 Å². The minimum absolute atomic E-state index is 0.391. The van der Waals surface area contributed by atoms with E-state index in [2.05, 4.69) is 20.9 Å². The fourth-order valence-electron chi connectivity index (χ4n) is 0.906. The summed E-state index contributed by atoms with van der Waals surface area (Å²) >= 11 is 4.68. The third kappa shape index (κ3) is 1.22. The van der Waals surface area contributed by atoms with Crippen LogP contribution in [0.3, 0.4) is 0 Å². The van der Waals surface area contributed by atoms with E-state index in [1.807, 2.05) is 0 Å². The average Bonchev–Trinajstić information content (AvgIpc) is 2.31. The molecule has 0 spiro atoms. The smallest absolute Gasteiger partial charge is 0.159 e. The van der Waals surface area contributed by atoms with Crippen molar-refractivity contribution in [1.29, 1.82) is 0 Å². The van der Waals surface area contributed by atoms with Crippen molar-refractivity contribution in [3.8, 4) is 0 Å². The Bertz CT molecular complexity index is 271. The number of hydrogen-bond donors (Lipinski definition) is 1. The summed E-state index contributed by atoms with van der Waals surface area (Å²) in [6.45, 7) is 0.781. The molecule has 5 heteroatoms. The Hall–Kier alpha value is 0.0300. The number of nitrogens with zero attached hydrogens (tertiary/aromatic N) is 1. The molecule has 1 aromatic rings. The van der Waals surface area contributed by atoms with Crippen LogP contribution in [-0.4, -0.2) is 23.3 Å². The van der Waals surface area contributed by atoms with Gasteiger partial charge in [0.1, 0.15) is 5.60 Å². The van der Waals surface area contributed by atoms with Crippen LogP contribution in [-0.2, 0) is 10.3 Å². The zero-order valence-electron chi connectivity index (χ0n) is 5.58. The lowest BCUT2D eigenvalue weighted by atomic mass is 10.0. The Balaban J connectivity index is 2.28. The summed E-state index contributed by atoms with van der Waals surface area (Å²) in [4.78, 5) is 4.86. The second-order valence-corrected chi connectivity index (χ2v) is 4.81. The molecule has 2 rings (SSSR count). The van der Waals surface area contributed by atoms with Crippen molar-refractivity contribution in [2.45, 2.75) is 5.60 Å². The minimum Gasteiger partial charge on any atom is -0.379 e. The third-order valence-electron chi connectivity index (χ3n) is 1.62. The molecule has 1 N–H and O–H groups in total. The van der Waals surface area contributed by atoms with Gasteiger partial charge in [-0.25, -0.2) is 4.98 Å². The average molecular weight is 236 g/mol. The van der Waals surface area contributed by atoms with E-state index in [1.54, 1.807) is 6.20 Å². The Morgan fingerprint density at radius 2 is 2.45 bits per heavy atom. The summed E-state index contributed by atoms with van der Waals surface area (Å²) in [6.07, 6.45) is 1.68. The van der Waals surface area contributed by atoms with Crippen molar-refractivity contribution in [3.05, 3.63) is 15.0 Å². The highest BCUT2D eigenvalue weighted by atomic mass is 79.9. The van der Waals surface area contributed by atoms with Crippen LogP contribution < -0.4 is 0 Å². The molecule has 1 saturated heterocycles. The van der Waals surface area contributed by atoms with Gasteiger partial charge >= 0.3 is 0 Å². The van der Waals surface area contributed by atoms with Gasteiger partial charge in [-0.15, -0.1) is 11.3 Å². The van der Waals surface area contributed by atoms with E-state index >= 15 is 0 Å². The number of hydrogen-bond acceptors (Lipinski definition) is 4. The summed E-state index contributed by atoms with van der Waals surface area (Å²) in [7, 11) is 0. The molecule has 2 heterocycles. The molecule has 0 atom stereocenters. The van der Waals surface area contributed by atoms with E-state index in [-0.39, 0.29) is 0 Å². The second kappa shape index (κ2) is 2.52. The monoisotopic (exact) mass is 235 g/mol. The second-order valence-electron chi connectivity index (χ2n) is 2.50. The van der Waals surface area contributed by atoms with E-state index in [0.29, 0.717) is 13.2 Å². The first-order valence-electron chi connectivity index (χ1n) is 3.13. The Morgan fingerprint density at radius 1 is 1.73 bits per heavy atom. The number of aromatic nitrogens is 1. The first-order chi connectivity index (χ1) is 5.21. The summed E-state index contributed by atoms with van der Waals surface area (Å²) in [5, 5.41) is 9.72. The van der Waals surface area contributed by atoms with Gasteiger partial charge in [0.05, 0.1) is 18.1 Å². The van der Waals surface area contributed by atoms with Crippen molar-refractivity contribution >= 4 is 27.3 Å². The number of halogens is 1. The summed E-state index contributed by atoms with van der Waals surface area (Å²) in [6, 6.07) is 0. The van der Waals surface area contributed by atoms with E-state index in [1.165, 1.54) is 11.3 Å². The number of aliphatic hydroxyl groups is 1. The topological polar surface area (TPSA) is 42.4 Å². The zero-order valence-corrected chi connectivity index (χ0v) is 7.98. The molecule has 0 radical (unpaired) electrons. The van der Waals surface area contributed by atoms with Gasteiger partial charge in [-0.05, 0) is 15.9 Å². The zero-order chi connectivity index (χ0) is 7.90. The largest absolute Gasteiger partial charge is 0.379 e. The predicted octanol–water partition coefficient (Wildman–Crippen LogP) is 1.12. The molecule has 11 heavy (non-hydrogen) atoms. The standard InChI is InChI=1S/C6H6BrNO2S/c7-5-8-1-4(11-5)6(9)2-10-3-6/h1,9H,2-3H2. The minimum atomic E-state index is -0.760. The van der Waals surface area contributed by atoms with Crippen LogP contribution in [0, 0.1) is 0 Å². The lowest BCUT2D eigenvalue weighted by Gasteiger charge is -2.34. The highest BCUT2D eigenvalue weighted by molar-refractivity contribution is 9.11. The molecule has 1 fully saturated rings. The molecule has 1 aliphatic heterocycles. The van der Waals surface area contributed by atoms with Crippen molar-refractivity contribution < 1.29 is 9.84 Å². The van der Waals surface area contributed by atoms with Crippen molar-refractivity contribution in [2.75, 3.05) is 13.2 Å². The van der Waals surface area contributed by atoms with Gasteiger partial charge in [0.15, 0.2) is 3.92 Å². The molecule has 3 nitrogen and oxygen atoms in total. The summed E-state index contributed by atoms with van der Waals surface area (Å²) < 4.78 is 5.71. The maximum Gasteiger partial charge on any atom is 0.159 e. The fourth-order valence-corrected chi connectivity index (χ4v) is 2.23. The molecule has 60 valence electrons. The lowest BCUT2D eigenvalue weighted by molar-refractivity contribution is -0.182. The van der Waals surface area contributed by atoms with E-state index in [4.69, 9.17) is 4.74 Å². The van der Waals surface area contributed by atoms with Crippen LogP contribution in [0.1, 0.15) is 4.88 Å². The van der Waals surface area contributed by atoms with Gasteiger partial charge in [-0.2, -0.15) is 0 Å². The molecule has 0 aliphatic carbocycles. The van der Waals surface area contributed by atoms with Gasteiger partial charge in [-0.1, -0.05) is 0 Å². The fraction of sp³-hybridized carbons (Fsp3) is 0.500. The number of ether oxygens (including phenoxy) is 1. The molecule has 0 amide bonds. The van der Waals surface area contributed by atoms with Gasteiger partial charge < -0.3 is 9.84 Å². The SMILES string of the molecule is OC1(c2cnc(Br)s2)COC1. The van der Waals surface area contributed by atoms with Crippen LogP contribution in [0.15, 0.2) is 10.1 Å². The highest BCUT2D eigenvalue weighted by Gasteiger charge is 2.39. The molecular weight excluding hydrogens is 230 g/mol. The molecule has 0 bridgehead atoms. The van der Waals surface area contributed by atoms with Crippen molar-refractivity contribution in [3.63, 3.8) is 0 Å². The van der Waals surface area contributed by atoms with Crippen LogP contribution in [0.4, 0.5) is 0 Å². The van der Waals surface area contributed by atoms with Crippen molar-refractivity contribution in [2.24, 2.45) is 0 Å². The first-order valence-corrected chi connectivity index (χ1v) is 4.74. The van der Waals surface area contributed by atoms with Gasteiger partial charge in [0, 0.05) is 6.20 Å². The van der Waals surface area contributed by atoms with E-state index < -0.39 is 5.60 Å². The summed E-state index contributed by atoms with van der Waals surface area (Å²) in [5.41, 5.74) is -0.760. The van der Waals surface area contributed by atoms with Crippen LogP contribution in [0.5, 0.6) is 0 Å². The first kappa shape index (κ1) is 7.67. The Morgan fingerprint density at radius 3 is 2.82 bits per heavy atom. The maximum absolute atomic E-state index is 9.72. The number of rotatable bonds is 1.